The zero-order valence-electron chi connectivity index (χ0n) is 11.4. The number of hydrogen-bond acceptors (Lipinski definition) is 2. The summed E-state index contributed by atoms with van der Waals surface area (Å²) >= 11 is 0. The van der Waals surface area contributed by atoms with Gasteiger partial charge >= 0.3 is 0 Å². The number of likely N-dealkylation sites (N-methyl/N-ethyl adjacent to an activating group) is 1. The van der Waals surface area contributed by atoms with Crippen LogP contribution in [0, 0.1) is 5.82 Å². The molecule has 1 fully saturated rings. The van der Waals surface area contributed by atoms with Crippen LogP contribution in [0.1, 0.15) is 37.8 Å². The van der Waals surface area contributed by atoms with Crippen molar-refractivity contribution < 1.29 is 9.18 Å². The van der Waals surface area contributed by atoms with Gasteiger partial charge in [0.1, 0.15) is 5.82 Å². The number of carbonyl (C=O) groups excluding carboxylic acids is 1. The van der Waals surface area contributed by atoms with E-state index in [1.165, 1.54) is 12.1 Å². The lowest BCUT2D eigenvalue weighted by molar-refractivity contribution is -0.123. The molecule has 0 spiro atoms. The number of hydrogen-bond donors (Lipinski definition) is 1. The summed E-state index contributed by atoms with van der Waals surface area (Å²) in [6, 6.07) is 6.88. The quantitative estimate of drug-likeness (QED) is 0.906. The molecule has 0 saturated carbocycles. The van der Waals surface area contributed by atoms with Crippen LogP contribution >= 0.6 is 0 Å². The SMILES string of the molecule is CCNC(=O)CN1CCCC[C@H]1c1ccc(F)cc1. The molecule has 0 aromatic heterocycles. The first kappa shape index (κ1) is 14.0. The Bertz CT molecular complexity index is 419. The molecule has 1 amide bonds. The second kappa shape index (κ2) is 6.66. The number of benzene rings is 1. The lowest BCUT2D eigenvalue weighted by Gasteiger charge is -2.35. The standard InChI is InChI=1S/C15H21FN2O/c1-2-17-15(19)11-18-10-4-3-5-14(18)12-6-8-13(16)9-7-12/h6-9,14H,2-5,10-11H2,1H3,(H,17,19)/t14-/m0/s1. The second-order valence-electron chi connectivity index (χ2n) is 4.99. The summed E-state index contributed by atoms with van der Waals surface area (Å²) in [5, 5.41) is 2.83. The Morgan fingerprint density at radius 3 is 2.79 bits per heavy atom. The average Bonchev–Trinajstić information content (AvgIpc) is 2.41. The maximum atomic E-state index is 13.0. The van der Waals surface area contributed by atoms with Crippen LogP contribution < -0.4 is 5.32 Å². The zero-order chi connectivity index (χ0) is 13.7. The number of halogens is 1. The molecule has 1 aliphatic rings. The first-order valence-corrected chi connectivity index (χ1v) is 6.97. The van der Waals surface area contributed by atoms with Crippen molar-refractivity contribution in [3.8, 4) is 0 Å². The molecule has 1 heterocycles. The number of rotatable bonds is 4. The van der Waals surface area contributed by atoms with Crippen molar-refractivity contribution in [3.05, 3.63) is 35.6 Å². The molecule has 1 aliphatic heterocycles. The molecule has 1 saturated heterocycles. The van der Waals surface area contributed by atoms with Gasteiger partial charge in [-0.1, -0.05) is 18.6 Å². The Labute approximate surface area is 113 Å². The van der Waals surface area contributed by atoms with Crippen molar-refractivity contribution >= 4 is 5.91 Å². The maximum Gasteiger partial charge on any atom is 0.234 e. The van der Waals surface area contributed by atoms with Crippen LogP contribution in [0.4, 0.5) is 4.39 Å². The summed E-state index contributed by atoms with van der Waals surface area (Å²) in [4.78, 5) is 13.9. The molecule has 0 radical (unpaired) electrons. The van der Waals surface area contributed by atoms with E-state index >= 15 is 0 Å². The number of nitrogens with zero attached hydrogens (tertiary/aromatic N) is 1. The molecule has 3 nitrogen and oxygen atoms in total. The van der Waals surface area contributed by atoms with Crippen LogP contribution in [0.3, 0.4) is 0 Å². The molecule has 1 aromatic carbocycles. The summed E-state index contributed by atoms with van der Waals surface area (Å²) in [5.74, 6) is -0.147. The Kier molecular flexibility index (Phi) is 4.91. The summed E-state index contributed by atoms with van der Waals surface area (Å²) in [7, 11) is 0. The van der Waals surface area contributed by atoms with E-state index in [1.807, 2.05) is 19.1 Å². The van der Waals surface area contributed by atoms with E-state index in [0.29, 0.717) is 13.1 Å². The highest BCUT2D eigenvalue weighted by atomic mass is 19.1. The van der Waals surface area contributed by atoms with Gasteiger partial charge in [0, 0.05) is 12.6 Å². The van der Waals surface area contributed by atoms with Crippen molar-refractivity contribution in [3.63, 3.8) is 0 Å². The van der Waals surface area contributed by atoms with Gasteiger partial charge in [-0.25, -0.2) is 4.39 Å². The number of likely N-dealkylation sites (tertiary alicyclic amines) is 1. The Hall–Kier alpha value is -1.42. The predicted molar refractivity (Wildman–Crippen MR) is 73.2 cm³/mol. The molecule has 0 unspecified atom stereocenters. The first-order valence-electron chi connectivity index (χ1n) is 6.97. The highest BCUT2D eigenvalue weighted by Gasteiger charge is 2.25. The Balaban J connectivity index is 2.07. The largest absolute Gasteiger partial charge is 0.355 e. The number of amides is 1. The van der Waals surface area contributed by atoms with Gasteiger partial charge in [0.05, 0.1) is 6.54 Å². The summed E-state index contributed by atoms with van der Waals surface area (Å²) in [5.41, 5.74) is 1.10. The minimum absolute atomic E-state index is 0.0662. The molecule has 2 rings (SSSR count). The van der Waals surface area contributed by atoms with E-state index in [-0.39, 0.29) is 17.8 Å². The third-order valence-electron chi connectivity index (χ3n) is 3.59. The van der Waals surface area contributed by atoms with Gasteiger partial charge in [0.25, 0.3) is 0 Å². The van der Waals surface area contributed by atoms with E-state index < -0.39 is 0 Å². The van der Waals surface area contributed by atoms with Crippen molar-refractivity contribution in [1.82, 2.24) is 10.2 Å². The molecule has 1 N–H and O–H groups in total. The minimum Gasteiger partial charge on any atom is -0.355 e. The van der Waals surface area contributed by atoms with Gasteiger partial charge in [-0.3, -0.25) is 9.69 Å². The smallest absolute Gasteiger partial charge is 0.234 e. The molecule has 19 heavy (non-hydrogen) atoms. The molecule has 1 aromatic rings. The van der Waals surface area contributed by atoms with Gasteiger partial charge in [0.15, 0.2) is 0 Å². The normalized spacial score (nSPS) is 20.2. The molecular weight excluding hydrogens is 243 g/mol. The van der Waals surface area contributed by atoms with E-state index in [0.717, 1.165) is 31.4 Å². The Morgan fingerprint density at radius 1 is 1.37 bits per heavy atom. The van der Waals surface area contributed by atoms with Gasteiger partial charge in [-0.05, 0) is 44.0 Å². The number of nitrogens with one attached hydrogen (secondary N) is 1. The molecule has 0 bridgehead atoms. The summed E-state index contributed by atoms with van der Waals surface area (Å²) in [6.07, 6.45) is 3.32. The fourth-order valence-electron chi connectivity index (χ4n) is 2.68. The van der Waals surface area contributed by atoms with Crippen LogP contribution in [-0.2, 0) is 4.79 Å². The topological polar surface area (TPSA) is 32.3 Å². The van der Waals surface area contributed by atoms with Crippen molar-refractivity contribution in [1.29, 1.82) is 0 Å². The molecule has 1 atom stereocenters. The van der Waals surface area contributed by atoms with Gasteiger partial charge in [-0.15, -0.1) is 0 Å². The van der Waals surface area contributed by atoms with E-state index in [2.05, 4.69) is 10.2 Å². The zero-order valence-corrected chi connectivity index (χ0v) is 11.4. The van der Waals surface area contributed by atoms with Gasteiger partial charge in [-0.2, -0.15) is 0 Å². The number of carbonyl (C=O) groups is 1. The minimum atomic E-state index is -0.213. The van der Waals surface area contributed by atoms with Crippen LogP contribution in [0.5, 0.6) is 0 Å². The van der Waals surface area contributed by atoms with Gasteiger partial charge in [0.2, 0.25) is 5.91 Å². The summed E-state index contributed by atoms with van der Waals surface area (Å²) < 4.78 is 13.0. The van der Waals surface area contributed by atoms with Crippen molar-refractivity contribution in [2.24, 2.45) is 0 Å². The monoisotopic (exact) mass is 264 g/mol. The van der Waals surface area contributed by atoms with E-state index in [9.17, 15) is 9.18 Å². The predicted octanol–water partition coefficient (Wildman–Crippen LogP) is 2.49. The second-order valence-corrected chi connectivity index (χ2v) is 4.99. The van der Waals surface area contributed by atoms with Crippen molar-refractivity contribution in [2.75, 3.05) is 19.6 Å². The third kappa shape index (κ3) is 3.77. The van der Waals surface area contributed by atoms with Crippen molar-refractivity contribution in [2.45, 2.75) is 32.2 Å². The number of piperidine rings is 1. The highest BCUT2D eigenvalue weighted by molar-refractivity contribution is 5.78. The lowest BCUT2D eigenvalue weighted by Crippen LogP contribution is -2.41. The molecule has 104 valence electrons. The average molecular weight is 264 g/mol. The van der Waals surface area contributed by atoms with Crippen LogP contribution in [-0.4, -0.2) is 30.4 Å². The first-order chi connectivity index (χ1) is 9.20. The highest BCUT2D eigenvalue weighted by Crippen LogP contribution is 2.30. The van der Waals surface area contributed by atoms with Crippen LogP contribution in [0.2, 0.25) is 0 Å². The molecule has 4 heteroatoms. The fourth-order valence-corrected chi connectivity index (χ4v) is 2.68. The van der Waals surface area contributed by atoms with E-state index in [1.54, 1.807) is 0 Å². The third-order valence-corrected chi connectivity index (χ3v) is 3.59. The summed E-state index contributed by atoms with van der Waals surface area (Å²) in [6.45, 7) is 3.94. The van der Waals surface area contributed by atoms with E-state index in [4.69, 9.17) is 0 Å². The van der Waals surface area contributed by atoms with Crippen LogP contribution in [0.25, 0.3) is 0 Å². The molecule has 0 aliphatic carbocycles. The van der Waals surface area contributed by atoms with Crippen LogP contribution in [0.15, 0.2) is 24.3 Å². The lowest BCUT2D eigenvalue weighted by atomic mass is 9.95. The maximum absolute atomic E-state index is 13.0. The Morgan fingerprint density at radius 2 is 2.11 bits per heavy atom. The van der Waals surface area contributed by atoms with Gasteiger partial charge < -0.3 is 5.32 Å². The molecular formula is C15H21FN2O. The fraction of sp³-hybridized carbons (Fsp3) is 0.533.